The maximum Gasteiger partial charge on any atom is 0.145 e. The van der Waals surface area contributed by atoms with Gasteiger partial charge in [0.25, 0.3) is 0 Å². The van der Waals surface area contributed by atoms with Gasteiger partial charge >= 0.3 is 0 Å². The lowest BCUT2D eigenvalue weighted by Gasteiger charge is -2.12. The van der Waals surface area contributed by atoms with Gasteiger partial charge in [-0.3, -0.25) is 5.10 Å². The molecular weight excluding hydrogens is 176 g/mol. The largest absolute Gasteiger partial charge is 0.307 e. The number of hydrogen-bond acceptors (Lipinski definition) is 3. The SMILES string of the molecule is CN[C@H](c1ccccc1)c1ncn[nH]1. The van der Waals surface area contributed by atoms with Crippen LogP contribution in [0.5, 0.6) is 0 Å². The smallest absolute Gasteiger partial charge is 0.145 e. The van der Waals surface area contributed by atoms with Crippen molar-refractivity contribution in [3.8, 4) is 0 Å². The van der Waals surface area contributed by atoms with Gasteiger partial charge in [-0.25, -0.2) is 4.98 Å². The van der Waals surface area contributed by atoms with E-state index in [1.807, 2.05) is 25.2 Å². The Morgan fingerprint density at radius 1 is 1.29 bits per heavy atom. The van der Waals surface area contributed by atoms with E-state index in [9.17, 15) is 0 Å². The molecule has 0 fully saturated rings. The molecule has 0 aliphatic carbocycles. The summed E-state index contributed by atoms with van der Waals surface area (Å²) in [6, 6.07) is 10.2. The monoisotopic (exact) mass is 188 g/mol. The highest BCUT2D eigenvalue weighted by molar-refractivity contribution is 5.23. The third-order valence-corrected chi connectivity index (χ3v) is 2.13. The first-order chi connectivity index (χ1) is 6.92. The van der Waals surface area contributed by atoms with Gasteiger partial charge in [-0.2, -0.15) is 5.10 Å². The van der Waals surface area contributed by atoms with Crippen molar-refractivity contribution < 1.29 is 0 Å². The van der Waals surface area contributed by atoms with Gasteiger partial charge in [0, 0.05) is 0 Å². The molecular formula is C10H12N4. The van der Waals surface area contributed by atoms with E-state index in [2.05, 4.69) is 32.6 Å². The Morgan fingerprint density at radius 2 is 2.07 bits per heavy atom. The predicted octanol–water partition coefficient (Wildman–Crippen LogP) is 1.11. The second kappa shape index (κ2) is 4.02. The number of H-pyrrole nitrogens is 1. The lowest BCUT2D eigenvalue weighted by atomic mass is 10.1. The minimum absolute atomic E-state index is 0.0821. The number of benzene rings is 1. The van der Waals surface area contributed by atoms with Crippen LogP contribution in [0.2, 0.25) is 0 Å². The molecule has 0 bridgehead atoms. The summed E-state index contributed by atoms with van der Waals surface area (Å²) in [4.78, 5) is 4.13. The topological polar surface area (TPSA) is 53.6 Å². The molecule has 0 amide bonds. The molecule has 0 unspecified atom stereocenters. The highest BCUT2D eigenvalue weighted by atomic mass is 15.2. The van der Waals surface area contributed by atoms with Crippen molar-refractivity contribution in [1.82, 2.24) is 20.5 Å². The van der Waals surface area contributed by atoms with Crippen LogP contribution in [-0.2, 0) is 0 Å². The first-order valence-corrected chi connectivity index (χ1v) is 4.49. The molecule has 1 atom stereocenters. The predicted molar refractivity (Wildman–Crippen MR) is 53.7 cm³/mol. The summed E-state index contributed by atoms with van der Waals surface area (Å²) in [5, 5.41) is 9.89. The summed E-state index contributed by atoms with van der Waals surface area (Å²) in [6.45, 7) is 0. The second-order valence-electron chi connectivity index (χ2n) is 3.00. The van der Waals surface area contributed by atoms with E-state index in [4.69, 9.17) is 0 Å². The first-order valence-electron chi connectivity index (χ1n) is 4.49. The fourth-order valence-corrected chi connectivity index (χ4v) is 1.46. The van der Waals surface area contributed by atoms with Crippen molar-refractivity contribution in [2.24, 2.45) is 0 Å². The van der Waals surface area contributed by atoms with Crippen LogP contribution in [0, 0.1) is 0 Å². The van der Waals surface area contributed by atoms with Crippen LogP contribution < -0.4 is 5.32 Å². The van der Waals surface area contributed by atoms with Gasteiger partial charge in [0.15, 0.2) is 0 Å². The number of nitrogens with one attached hydrogen (secondary N) is 2. The quantitative estimate of drug-likeness (QED) is 0.758. The minimum Gasteiger partial charge on any atom is -0.307 e. The Kier molecular flexibility index (Phi) is 2.55. The number of aromatic amines is 1. The average Bonchev–Trinajstić information content (AvgIpc) is 2.74. The van der Waals surface area contributed by atoms with Gasteiger partial charge in [0.2, 0.25) is 0 Å². The number of hydrogen-bond donors (Lipinski definition) is 2. The molecule has 4 nitrogen and oxygen atoms in total. The summed E-state index contributed by atoms with van der Waals surface area (Å²) in [5.41, 5.74) is 1.17. The second-order valence-corrected chi connectivity index (χ2v) is 3.00. The summed E-state index contributed by atoms with van der Waals surface area (Å²) in [7, 11) is 1.90. The van der Waals surface area contributed by atoms with Gasteiger partial charge in [0.05, 0.1) is 6.04 Å². The van der Waals surface area contributed by atoms with Gasteiger partial charge in [0.1, 0.15) is 12.2 Å². The summed E-state index contributed by atoms with van der Waals surface area (Å²) >= 11 is 0. The third-order valence-electron chi connectivity index (χ3n) is 2.13. The molecule has 0 saturated heterocycles. The molecule has 0 saturated carbocycles. The van der Waals surface area contributed by atoms with E-state index in [-0.39, 0.29) is 6.04 Å². The Bertz CT molecular complexity index is 368. The zero-order valence-electron chi connectivity index (χ0n) is 7.94. The molecule has 0 spiro atoms. The molecule has 4 heteroatoms. The first kappa shape index (κ1) is 8.90. The summed E-state index contributed by atoms with van der Waals surface area (Å²) in [5.74, 6) is 0.832. The van der Waals surface area contributed by atoms with E-state index < -0.39 is 0 Å². The van der Waals surface area contributed by atoms with Gasteiger partial charge in [-0.1, -0.05) is 30.3 Å². The zero-order valence-corrected chi connectivity index (χ0v) is 7.94. The maximum atomic E-state index is 4.13. The van der Waals surface area contributed by atoms with Crippen molar-refractivity contribution in [3.63, 3.8) is 0 Å². The van der Waals surface area contributed by atoms with E-state index in [0.717, 1.165) is 5.82 Å². The summed E-state index contributed by atoms with van der Waals surface area (Å²) in [6.07, 6.45) is 1.52. The molecule has 72 valence electrons. The molecule has 0 radical (unpaired) electrons. The Hall–Kier alpha value is -1.68. The molecule has 2 N–H and O–H groups in total. The number of rotatable bonds is 3. The minimum atomic E-state index is 0.0821. The highest BCUT2D eigenvalue weighted by Gasteiger charge is 2.13. The molecule has 2 aromatic rings. The molecule has 1 aromatic carbocycles. The normalized spacial score (nSPS) is 12.6. The Balaban J connectivity index is 2.31. The zero-order chi connectivity index (χ0) is 9.80. The van der Waals surface area contributed by atoms with E-state index in [1.54, 1.807) is 0 Å². The van der Waals surface area contributed by atoms with Crippen molar-refractivity contribution in [2.45, 2.75) is 6.04 Å². The standard InChI is InChI=1S/C10H12N4/c1-11-9(10-12-7-13-14-10)8-5-3-2-4-6-8/h2-7,9,11H,1H3,(H,12,13,14)/t9-/m1/s1. The number of nitrogens with zero attached hydrogens (tertiary/aromatic N) is 2. The van der Waals surface area contributed by atoms with Crippen molar-refractivity contribution >= 4 is 0 Å². The fourth-order valence-electron chi connectivity index (χ4n) is 1.46. The van der Waals surface area contributed by atoms with E-state index >= 15 is 0 Å². The van der Waals surface area contributed by atoms with Crippen LogP contribution in [0.3, 0.4) is 0 Å². The fraction of sp³-hybridized carbons (Fsp3) is 0.200. The van der Waals surface area contributed by atoms with Crippen molar-refractivity contribution in [3.05, 3.63) is 48.0 Å². The molecule has 0 aliphatic heterocycles. The van der Waals surface area contributed by atoms with Crippen LogP contribution >= 0.6 is 0 Å². The number of aromatic nitrogens is 3. The van der Waals surface area contributed by atoms with Crippen LogP contribution in [0.25, 0.3) is 0 Å². The van der Waals surface area contributed by atoms with Gasteiger partial charge < -0.3 is 5.32 Å². The molecule has 1 heterocycles. The third kappa shape index (κ3) is 1.65. The van der Waals surface area contributed by atoms with E-state index in [1.165, 1.54) is 11.9 Å². The van der Waals surface area contributed by atoms with Crippen LogP contribution in [0.1, 0.15) is 17.4 Å². The Morgan fingerprint density at radius 3 is 2.64 bits per heavy atom. The molecule has 1 aromatic heterocycles. The lowest BCUT2D eigenvalue weighted by molar-refractivity contribution is 0.650. The van der Waals surface area contributed by atoms with Crippen molar-refractivity contribution in [1.29, 1.82) is 0 Å². The van der Waals surface area contributed by atoms with E-state index in [0.29, 0.717) is 0 Å². The maximum absolute atomic E-state index is 4.13. The molecule has 2 rings (SSSR count). The van der Waals surface area contributed by atoms with Gasteiger partial charge in [-0.15, -0.1) is 0 Å². The van der Waals surface area contributed by atoms with Gasteiger partial charge in [-0.05, 0) is 12.6 Å². The molecule has 0 aliphatic rings. The van der Waals surface area contributed by atoms with Crippen LogP contribution in [0.15, 0.2) is 36.7 Å². The lowest BCUT2D eigenvalue weighted by Crippen LogP contribution is -2.18. The van der Waals surface area contributed by atoms with Crippen LogP contribution in [0.4, 0.5) is 0 Å². The molecule has 14 heavy (non-hydrogen) atoms. The highest BCUT2D eigenvalue weighted by Crippen LogP contribution is 2.16. The van der Waals surface area contributed by atoms with Crippen LogP contribution in [-0.4, -0.2) is 22.2 Å². The Labute approximate surface area is 82.4 Å². The average molecular weight is 188 g/mol. The summed E-state index contributed by atoms with van der Waals surface area (Å²) < 4.78 is 0. The van der Waals surface area contributed by atoms with Crippen molar-refractivity contribution in [2.75, 3.05) is 7.05 Å².